The number of aromatic nitrogens is 2. The van der Waals surface area contributed by atoms with Crippen LogP contribution in [0.4, 0.5) is 18.9 Å². The van der Waals surface area contributed by atoms with E-state index in [0.717, 1.165) is 12.1 Å². The smallest absolute Gasteiger partial charge is 0.326 e. The molecule has 100 valence electrons. The van der Waals surface area contributed by atoms with Crippen LogP contribution in [0, 0.1) is 0 Å². The van der Waals surface area contributed by atoms with Gasteiger partial charge in [-0.1, -0.05) is 12.1 Å². The second kappa shape index (κ2) is 5.13. The number of carbonyl (C=O) groups excluding carboxylic acids is 1. The fourth-order valence-electron chi connectivity index (χ4n) is 1.63. The highest BCUT2D eigenvalue weighted by atomic mass is 19.4. The summed E-state index contributed by atoms with van der Waals surface area (Å²) in [6.07, 6.45) is -0.896. The van der Waals surface area contributed by atoms with Gasteiger partial charge in [0.1, 0.15) is 0 Å². The van der Waals surface area contributed by atoms with Crippen molar-refractivity contribution >= 4 is 12.1 Å². The lowest BCUT2D eigenvalue weighted by Gasteiger charge is -2.08. The molecule has 2 rings (SSSR count). The van der Waals surface area contributed by atoms with Crippen LogP contribution in [0.25, 0.3) is 0 Å². The number of carbonyl (C=O) groups is 1. The number of nitrogens with one attached hydrogen (secondary N) is 1. The van der Waals surface area contributed by atoms with Gasteiger partial charge < -0.3 is 5.32 Å². The minimum atomic E-state index is -4.36. The predicted octanol–water partition coefficient (Wildman–Crippen LogP) is 2.52. The van der Waals surface area contributed by atoms with Crippen LogP contribution in [0.15, 0.2) is 36.7 Å². The van der Waals surface area contributed by atoms with Gasteiger partial charge in [-0.05, 0) is 17.7 Å². The second-order valence-electron chi connectivity index (χ2n) is 3.89. The molecular weight excluding hydrogens is 259 g/mol. The first-order valence-corrected chi connectivity index (χ1v) is 5.38. The van der Waals surface area contributed by atoms with Gasteiger partial charge in [0.25, 0.3) is 0 Å². The van der Waals surface area contributed by atoms with Gasteiger partial charge in [0, 0.05) is 6.20 Å². The Morgan fingerprint density at radius 2 is 2.16 bits per heavy atom. The highest BCUT2D eigenvalue weighted by Gasteiger charge is 2.30. The first kappa shape index (κ1) is 13.1. The summed E-state index contributed by atoms with van der Waals surface area (Å²) in [6.45, 7) is 0.199. The van der Waals surface area contributed by atoms with Crippen molar-refractivity contribution in [2.24, 2.45) is 0 Å². The third-order valence-corrected chi connectivity index (χ3v) is 2.46. The fraction of sp³-hybridized carbons (Fsp3) is 0.167. The Bertz CT molecular complexity index is 578. The molecule has 1 aromatic carbocycles. The van der Waals surface area contributed by atoms with E-state index >= 15 is 0 Å². The quantitative estimate of drug-likeness (QED) is 0.867. The van der Waals surface area contributed by atoms with Gasteiger partial charge in [0.05, 0.1) is 24.0 Å². The largest absolute Gasteiger partial charge is 0.416 e. The molecule has 0 unspecified atom stereocenters. The number of hydrogen-bond acceptors (Lipinski definition) is 2. The average Bonchev–Trinajstić information content (AvgIpc) is 2.76. The van der Waals surface area contributed by atoms with E-state index in [1.807, 2.05) is 0 Å². The van der Waals surface area contributed by atoms with Crippen molar-refractivity contribution in [1.29, 1.82) is 0 Å². The molecule has 1 aromatic heterocycles. The first-order valence-electron chi connectivity index (χ1n) is 5.38. The number of amides is 1. The third kappa shape index (κ3) is 3.34. The molecule has 0 spiro atoms. The van der Waals surface area contributed by atoms with Crippen molar-refractivity contribution in [3.8, 4) is 0 Å². The summed E-state index contributed by atoms with van der Waals surface area (Å²) < 4.78 is 39.1. The highest BCUT2D eigenvalue weighted by Crippen LogP contribution is 2.29. The van der Waals surface area contributed by atoms with Crippen molar-refractivity contribution in [3.05, 3.63) is 47.8 Å². The van der Waals surface area contributed by atoms with Crippen LogP contribution in [0.3, 0.4) is 0 Å². The van der Waals surface area contributed by atoms with Crippen molar-refractivity contribution in [3.63, 3.8) is 0 Å². The second-order valence-corrected chi connectivity index (χ2v) is 3.89. The van der Waals surface area contributed by atoms with Crippen molar-refractivity contribution in [2.45, 2.75) is 12.7 Å². The topological polar surface area (TPSA) is 46.9 Å². The summed E-state index contributed by atoms with van der Waals surface area (Å²) >= 11 is 0. The van der Waals surface area contributed by atoms with Crippen LogP contribution in [-0.2, 0) is 17.5 Å². The van der Waals surface area contributed by atoms with E-state index in [-0.39, 0.29) is 6.54 Å². The van der Waals surface area contributed by atoms with Gasteiger partial charge in [-0.3, -0.25) is 9.48 Å². The summed E-state index contributed by atoms with van der Waals surface area (Å²) in [7, 11) is 0. The number of alkyl halides is 3. The van der Waals surface area contributed by atoms with Crippen LogP contribution in [-0.4, -0.2) is 16.2 Å². The van der Waals surface area contributed by atoms with E-state index in [1.165, 1.54) is 23.1 Å². The van der Waals surface area contributed by atoms with E-state index in [4.69, 9.17) is 0 Å². The molecule has 2 aromatic rings. The number of halogens is 3. The average molecular weight is 269 g/mol. The third-order valence-electron chi connectivity index (χ3n) is 2.46. The summed E-state index contributed by atoms with van der Waals surface area (Å²) in [5, 5.41) is 6.34. The molecule has 1 amide bonds. The Kier molecular flexibility index (Phi) is 3.55. The van der Waals surface area contributed by atoms with Gasteiger partial charge in [0.15, 0.2) is 0 Å². The Morgan fingerprint density at radius 3 is 2.84 bits per heavy atom. The van der Waals surface area contributed by atoms with Crippen molar-refractivity contribution in [1.82, 2.24) is 9.78 Å². The van der Waals surface area contributed by atoms with Crippen LogP contribution in [0.2, 0.25) is 0 Å². The number of hydrogen-bond donors (Lipinski definition) is 1. The standard InChI is InChI=1S/C12H10F3N3O/c13-12(14,15)10-3-1-2-9(4-10)6-18-7-11(5-17-18)16-8-19/h1-5,7-8H,6H2,(H,16,19). The molecule has 0 atom stereocenters. The monoisotopic (exact) mass is 269 g/mol. The maximum Gasteiger partial charge on any atom is 0.416 e. The fourth-order valence-corrected chi connectivity index (χ4v) is 1.63. The van der Waals surface area contributed by atoms with E-state index in [0.29, 0.717) is 17.7 Å². The Balaban J connectivity index is 2.16. The minimum absolute atomic E-state index is 0.199. The molecule has 4 nitrogen and oxygen atoms in total. The molecule has 7 heteroatoms. The highest BCUT2D eigenvalue weighted by molar-refractivity contribution is 5.69. The molecule has 0 fully saturated rings. The Morgan fingerprint density at radius 1 is 1.37 bits per heavy atom. The zero-order chi connectivity index (χ0) is 13.9. The lowest BCUT2D eigenvalue weighted by atomic mass is 10.1. The van der Waals surface area contributed by atoms with Crippen molar-refractivity contribution < 1.29 is 18.0 Å². The van der Waals surface area contributed by atoms with Crippen molar-refractivity contribution in [2.75, 3.05) is 5.32 Å². The summed E-state index contributed by atoms with van der Waals surface area (Å²) in [5.74, 6) is 0. The normalized spacial score (nSPS) is 11.3. The van der Waals surface area contributed by atoms with Crippen LogP contribution < -0.4 is 5.32 Å². The Hall–Kier alpha value is -2.31. The number of benzene rings is 1. The molecule has 0 saturated heterocycles. The van der Waals surface area contributed by atoms with Gasteiger partial charge in [0.2, 0.25) is 6.41 Å². The van der Waals surface area contributed by atoms with Crippen LogP contribution in [0.5, 0.6) is 0 Å². The molecule has 1 heterocycles. The summed E-state index contributed by atoms with van der Waals surface area (Å²) in [6, 6.07) is 5.04. The molecule has 0 bridgehead atoms. The van der Waals surface area contributed by atoms with Crippen LogP contribution >= 0.6 is 0 Å². The van der Waals surface area contributed by atoms with Gasteiger partial charge in [-0.15, -0.1) is 0 Å². The Labute approximate surface area is 106 Å². The molecule has 1 N–H and O–H groups in total. The number of nitrogens with zero attached hydrogens (tertiary/aromatic N) is 2. The molecule has 19 heavy (non-hydrogen) atoms. The van der Waals surface area contributed by atoms with Gasteiger partial charge in [-0.25, -0.2) is 0 Å². The SMILES string of the molecule is O=CNc1cnn(Cc2cccc(C(F)(F)F)c2)c1. The summed E-state index contributed by atoms with van der Waals surface area (Å²) in [4.78, 5) is 10.2. The maximum absolute atomic E-state index is 12.5. The lowest BCUT2D eigenvalue weighted by molar-refractivity contribution is -0.137. The molecule has 0 saturated carbocycles. The van der Waals surface area contributed by atoms with Gasteiger partial charge >= 0.3 is 6.18 Å². The zero-order valence-electron chi connectivity index (χ0n) is 9.69. The number of rotatable bonds is 4. The maximum atomic E-state index is 12.5. The van der Waals surface area contributed by atoms with E-state index < -0.39 is 11.7 Å². The van der Waals surface area contributed by atoms with E-state index in [1.54, 1.807) is 6.07 Å². The summed E-state index contributed by atoms with van der Waals surface area (Å²) in [5.41, 5.74) is 0.279. The predicted molar refractivity (Wildman–Crippen MR) is 62.5 cm³/mol. The molecule has 0 aliphatic carbocycles. The number of anilines is 1. The molecular formula is C12H10F3N3O. The minimum Gasteiger partial charge on any atom is -0.326 e. The lowest BCUT2D eigenvalue weighted by Crippen LogP contribution is -2.07. The van der Waals surface area contributed by atoms with E-state index in [2.05, 4.69) is 10.4 Å². The molecule has 0 radical (unpaired) electrons. The van der Waals surface area contributed by atoms with E-state index in [9.17, 15) is 18.0 Å². The zero-order valence-corrected chi connectivity index (χ0v) is 9.69. The first-order chi connectivity index (χ1) is 8.99. The van der Waals surface area contributed by atoms with Gasteiger partial charge in [-0.2, -0.15) is 18.3 Å². The molecule has 0 aliphatic rings. The van der Waals surface area contributed by atoms with Crippen LogP contribution in [0.1, 0.15) is 11.1 Å². The molecule has 0 aliphatic heterocycles.